The first-order chi connectivity index (χ1) is 5.14. The second-order valence-electron chi connectivity index (χ2n) is 3.02. The highest BCUT2D eigenvalue weighted by molar-refractivity contribution is 4.81. The zero-order valence-corrected chi connectivity index (χ0v) is 6.52. The van der Waals surface area contributed by atoms with Crippen molar-refractivity contribution in [3.8, 4) is 0 Å². The van der Waals surface area contributed by atoms with Crippen LogP contribution >= 0.6 is 0 Å². The Bertz CT molecular complexity index is 128. The van der Waals surface area contributed by atoms with Crippen LogP contribution in [0.25, 0.3) is 0 Å². The normalized spacial score (nSPS) is 24.3. The lowest BCUT2D eigenvalue weighted by atomic mass is 10.3. The average molecular weight is 164 g/mol. The zero-order chi connectivity index (χ0) is 8.32. The van der Waals surface area contributed by atoms with Gasteiger partial charge in [-0.2, -0.15) is 0 Å². The van der Waals surface area contributed by atoms with Gasteiger partial charge in [0.1, 0.15) is 0 Å². The van der Waals surface area contributed by atoms with Gasteiger partial charge in [0, 0.05) is 13.0 Å². The van der Waals surface area contributed by atoms with E-state index in [1.165, 1.54) is 0 Å². The Morgan fingerprint density at radius 3 is 2.64 bits per heavy atom. The molecular formula is C7H14F2N2. The van der Waals surface area contributed by atoms with Crippen LogP contribution in [0.15, 0.2) is 0 Å². The maximum atomic E-state index is 12.5. The van der Waals surface area contributed by atoms with Crippen LogP contribution in [-0.4, -0.2) is 37.0 Å². The van der Waals surface area contributed by atoms with E-state index in [0.29, 0.717) is 19.6 Å². The van der Waals surface area contributed by atoms with Gasteiger partial charge in [-0.25, -0.2) is 8.78 Å². The Hall–Kier alpha value is -0.220. The summed E-state index contributed by atoms with van der Waals surface area (Å²) in [6.07, 6.45) is 0.827. The van der Waals surface area contributed by atoms with Gasteiger partial charge in [0.2, 0.25) is 0 Å². The monoisotopic (exact) mass is 164 g/mol. The third kappa shape index (κ3) is 2.71. The van der Waals surface area contributed by atoms with Gasteiger partial charge in [0.05, 0.1) is 6.54 Å². The number of nitrogens with two attached hydrogens (primary N) is 1. The number of likely N-dealkylation sites (tertiary alicyclic amines) is 1. The van der Waals surface area contributed by atoms with Crippen molar-refractivity contribution in [2.75, 3.05) is 26.2 Å². The van der Waals surface area contributed by atoms with E-state index < -0.39 is 5.92 Å². The fraction of sp³-hybridized carbons (Fsp3) is 1.00. The van der Waals surface area contributed by atoms with Crippen molar-refractivity contribution in [1.29, 1.82) is 0 Å². The maximum Gasteiger partial charge on any atom is 0.261 e. The number of rotatable bonds is 3. The molecule has 0 spiro atoms. The highest BCUT2D eigenvalue weighted by Gasteiger charge is 2.37. The van der Waals surface area contributed by atoms with E-state index in [-0.39, 0.29) is 13.0 Å². The topological polar surface area (TPSA) is 29.3 Å². The first-order valence-electron chi connectivity index (χ1n) is 3.94. The summed E-state index contributed by atoms with van der Waals surface area (Å²) in [5.41, 5.74) is 5.26. The molecular weight excluding hydrogens is 150 g/mol. The van der Waals surface area contributed by atoms with Gasteiger partial charge in [0.15, 0.2) is 0 Å². The van der Waals surface area contributed by atoms with Gasteiger partial charge >= 0.3 is 0 Å². The van der Waals surface area contributed by atoms with E-state index in [4.69, 9.17) is 5.73 Å². The molecule has 0 atom stereocenters. The molecule has 0 aromatic carbocycles. The van der Waals surface area contributed by atoms with Gasteiger partial charge in [0.25, 0.3) is 5.92 Å². The fourth-order valence-electron chi connectivity index (χ4n) is 1.31. The lowest BCUT2D eigenvalue weighted by Gasteiger charge is -2.13. The van der Waals surface area contributed by atoms with E-state index in [1.807, 2.05) is 0 Å². The Morgan fingerprint density at radius 1 is 1.45 bits per heavy atom. The van der Waals surface area contributed by atoms with Crippen molar-refractivity contribution >= 4 is 0 Å². The molecule has 1 aliphatic heterocycles. The molecule has 0 aromatic rings. The largest absolute Gasteiger partial charge is 0.330 e. The molecule has 1 heterocycles. The molecule has 2 N–H and O–H groups in total. The average Bonchev–Trinajstić information content (AvgIpc) is 2.26. The molecule has 0 saturated carbocycles. The van der Waals surface area contributed by atoms with E-state index in [2.05, 4.69) is 0 Å². The number of alkyl halides is 2. The molecule has 1 fully saturated rings. The summed E-state index contributed by atoms with van der Waals surface area (Å²) in [4.78, 5) is 1.77. The van der Waals surface area contributed by atoms with Crippen molar-refractivity contribution in [1.82, 2.24) is 4.90 Å². The van der Waals surface area contributed by atoms with E-state index in [1.54, 1.807) is 4.90 Å². The highest BCUT2D eigenvalue weighted by atomic mass is 19.3. The van der Waals surface area contributed by atoms with Crippen molar-refractivity contribution in [2.24, 2.45) is 5.73 Å². The fourth-order valence-corrected chi connectivity index (χ4v) is 1.31. The predicted octanol–water partition coefficient (Wildman–Crippen LogP) is 0.676. The second-order valence-corrected chi connectivity index (χ2v) is 3.02. The van der Waals surface area contributed by atoms with Crippen LogP contribution in [0.4, 0.5) is 8.78 Å². The molecule has 0 amide bonds. The molecule has 0 bridgehead atoms. The zero-order valence-electron chi connectivity index (χ0n) is 6.52. The van der Waals surface area contributed by atoms with Crippen LogP contribution in [0.2, 0.25) is 0 Å². The van der Waals surface area contributed by atoms with Crippen LogP contribution < -0.4 is 5.73 Å². The van der Waals surface area contributed by atoms with E-state index in [0.717, 1.165) is 6.42 Å². The lowest BCUT2D eigenvalue weighted by Crippen LogP contribution is -2.27. The molecule has 1 rings (SSSR count). The van der Waals surface area contributed by atoms with Crippen molar-refractivity contribution in [3.05, 3.63) is 0 Å². The van der Waals surface area contributed by atoms with E-state index in [9.17, 15) is 8.78 Å². The summed E-state index contributed by atoms with van der Waals surface area (Å²) in [6.45, 7) is 1.74. The number of nitrogens with zero attached hydrogens (tertiary/aromatic N) is 1. The smallest absolute Gasteiger partial charge is 0.261 e. The Morgan fingerprint density at radius 2 is 2.18 bits per heavy atom. The van der Waals surface area contributed by atoms with Gasteiger partial charge in [-0.3, -0.25) is 4.90 Å². The molecule has 11 heavy (non-hydrogen) atoms. The third-order valence-electron chi connectivity index (χ3n) is 1.93. The first-order valence-corrected chi connectivity index (χ1v) is 3.94. The van der Waals surface area contributed by atoms with Crippen LogP contribution in [0.5, 0.6) is 0 Å². The third-order valence-corrected chi connectivity index (χ3v) is 1.93. The summed E-state index contributed by atoms with van der Waals surface area (Å²) in [5.74, 6) is -2.45. The standard InChI is InChI=1S/C7H14F2N2/c8-7(9)2-5-11(6-7)4-1-3-10/h1-6,10H2. The van der Waals surface area contributed by atoms with Crippen molar-refractivity contribution in [2.45, 2.75) is 18.8 Å². The molecule has 2 nitrogen and oxygen atoms in total. The Balaban J connectivity index is 2.20. The minimum Gasteiger partial charge on any atom is -0.330 e. The molecule has 1 saturated heterocycles. The molecule has 66 valence electrons. The summed E-state index contributed by atoms with van der Waals surface area (Å²) in [5, 5.41) is 0. The van der Waals surface area contributed by atoms with Crippen LogP contribution in [0.3, 0.4) is 0 Å². The molecule has 0 unspecified atom stereocenters. The molecule has 1 aliphatic rings. The molecule has 0 radical (unpaired) electrons. The van der Waals surface area contributed by atoms with E-state index >= 15 is 0 Å². The second kappa shape index (κ2) is 3.45. The van der Waals surface area contributed by atoms with Gasteiger partial charge in [-0.15, -0.1) is 0 Å². The Labute approximate surface area is 65.4 Å². The number of halogens is 2. The quantitative estimate of drug-likeness (QED) is 0.664. The summed E-state index contributed by atoms with van der Waals surface area (Å²) < 4.78 is 25.1. The first kappa shape index (κ1) is 8.87. The van der Waals surface area contributed by atoms with Crippen LogP contribution in [0.1, 0.15) is 12.8 Å². The maximum absolute atomic E-state index is 12.5. The number of hydrogen-bond donors (Lipinski definition) is 1. The SMILES string of the molecule is NCCCN1CCC(F)(F)C1. The minimum absolute atomic E-state index is 0.0115. The summed E-state index contributed by atoms with van der Waals surface area (Å²) >= 11 is 0. The van der Waals surface area contributed by atoms with Crippen molar-refractivity contribution in [3.63, 3.8) is 0 Å². The minimum atomic E-state index is -2.45. The molecule has 0 aromatic heterocycles. The molecule has 4 heteroatoms. The summed E-state index contributed by atoms with van der Waals surface area (Å²) in [7, 11) is 0. The van der Waals surface area contributed by atoms with Crippen molar-refractivity contribution < 1.29 is 8.78 Å². The lowest BCUT2D eigenvalue weighted by molar-refractivity contribution is 0.0122. The van der Waals surface area contributed by atoms with Gasteiger partial charge in [-0.05, 0) is 19.5 Å². The summed E-state index contributed by atoms with van der Waals surface area (Å²) in [6, 6.07) is 0. The van der Waals surface area contributed by atoms with Gasteiger partial charge < -0.3 is 5.73 Å². The predicted molar refractivity (Wildman–Crippen MR) is 39.7 cm³/mol. The number of hydrogen-bond acceptors (Lipinski definition) is 2. The molecule has 0 aliphatic carbocycles. The highest BCUT2D eigenvalue weighted by Crippen LogP contribution is 2.26. The van der Waals surface area contributed by atoms with Gasteiger partial charge in [-0.1, -0.05) is 0 Å². The van der Waals surface area contributed by atoms with Crippen LogP contribution in [-0.2, 0) is 0 Å². The van der Waals surface area contributed by atoms with Crippen LogP contribution in [0, 0.1) is 0 Å². The Kier molecular flexibility index (Phi) is 2.78.